The van der Waals surface area contributed by atoms with Gasteiger partial charge in [-0.15, -0.1) is 0 Å². The molecule has 0 bridgehead atoms. The molecule has 0 saturated carbocycles. The standard InChI is InChI=1S/C8H11N/c1-3-4-5-6-8-7-9(8)2/h3-7H,1-2H3/b4-3-,6-5-. The molecule has 0 aliphatic carbocycles. The van der Waals surface area contributed by atoms with Gasteiger partial charge in [0.1, 0.15) is 0 Å². The third-order valence-corrected chi connectivity index (χ3v) is 1.24. The Labute approximate surface area is 56.0 Å². The highest BCUT2D eigenvalue weighted by Crippen LogP contribution is 2.17. The molecule has 1 aliphatic rings. The van der Waals surface area contributed by atoms with Gasteiger partial charge in [0.05, 0.1) is 5.70 Å². The molecule has 9 heavy (non-hydrogen) atoms. The Kier molecular flexibility index (Phi) is 1.73. The lowest BCUT2D eigenvalue weighted by Crippen LogP contribution is -1.82. The molecule has 0 radical (unpaired) electrons. The molecule has 1 rings (SSSR count). The monoisotopic (exact) mass is 121 g/mol. The molecule has 0 amide bonds. The fourth-order valence-electron chi connectivity index (χ4n) is 0.595. The lowest BCUT2D eigenvalue weighted by Gasteiger charge is -1.85. The Balaban J connectivity index is 2.26. The summed E-state index contributed by atoms with van der Waals surface area (Å²) < 4.78 is 0. The molecule has 0 unspecified atom stereocenters. The summed E-state index contributed by atoms with van der Waals surface area (Å²) in [6.45, 7) is 2.01. The van der Waals surface area contributed by atoms with E-state index in [-0.39, 0.29) is 0 Å². The highest BCUT2D eigenvalue weighted by atomic mass is 15.2. The van der Waals surface area contributed by atoms with Crippen LogP contribution in [0.15, 0.2) is 36.2 Å². The van der Waals surface area contributed by atoms with Gasteiger partial charge in [-0.3, -0.25) is 0 Å². The zero-order valence-corrected chi connectivity index (χ0v) is 5.83. The highest BCUT2D eigenvalue weighted by molar-refractivity contribution is 5.31. The van der Waals surface area contributed by atoms with Crippen molar-refractivity contribution in [2.24, 2.45) is 0 Å². The van der Waals surface area contributed by atoms with Gasteiger partial charge in [-0.25, -0.2) is 0 Å². The van der Waals surface area contributed by atoms with Crippen LogP contribution in [-0.2, 0) is 0 Å². The second kappa shape index (κ2) is 2.53. The van der Waals surface area contributed by atoms with Crippen molar-refractivity contribution in [2.45, 2.75) is 6.92 Å². The normalized spacial score (nSPS) is 17.6. The van der Waals surface area contributed by atoms with Gasteiger partial charge >= 0.3 is 0 Å². The Hall–Kier alpha value is -0.980. The van der Waals surface area contributed by atoms with Crippen LogP contribution in [-0.4, -0.2) is 11.9 Å². The van der Waals surface area contributed by atoms with Crippen LogP contribution in [0.3, 0.4) is 0 Å². The summed E-state index contributed by atoms with van der Waals surface area (Å²) in [7, 11) is 2.04. The van der Waals surface area contributed by atoms with E-state index >= 15 is 0 Å². The zero-order valence-electron chi connectivity index (χ0n) is 5.83. The van der Waals surface area contributed by atoms with Crippen molar-refractivity contribution < 1.29 is 0 Å². The van der Waals surface area contributed by atoms with Crippen LogP contribution >= 0.6 is 0 Å². The van der Waals surface area contributed by atoms with E-state index < -0.39 is 0 Å². The molecule has 48 valence electrons. The molecule has 0 aromatic heterocycles. The van der Waals surface area contributed by atoms with E-state index in [9.17, 15) is 0 Å². The maximum atomic E-state index is 2.08. The van der Waals surface area contributed by atoms with Crippen molar-refractivity contribution in [3.8, 4) is 0 Å². The van der Waals surface area contributed by atoms with Crippen molar-refractivity contribution in [2.75, 3.05) is 7.05 Å². The fraction of sp³-hybridized carbons (Fsp3) is 0.250. The van der Waals surface area contributed by atoms with Gasteiger partial charge in [-0.1, -0.05) is 18.2 Å². The Morgan fingerprint density at radius 1 is 1.44 bits per heavy atom. The average molecular weight is 121 g/mol. The predicted octanol–water partition coefficient (Wildman–Crippen LogP) is 1.91. The molecule has 1 nitrogen and oxygen atoms in total. The van der Waals surface area contributed by atoms with E-state index in [1.165, 1.54) is 5.70 Å². The Morgan fingerprint density at radius 2 is 2.11 bits per heavy atom. The van der Waals surface area contributed by atoms with Crippen LogP contribution in [0.25, 0.3) is 0 Å². The van der Waals surface area contributed by atoms with Gasteiger partial charge in [0.2, 0.25) is 0 Å². The van der Waals surface area contributed by atoms with E-state index in [2.05, 4.69) is 17.2 Å². The molecular weight excluding hydrogens is 110 g/mol. The minimum atomic E-state index is 1.30. The SMILES string of the molecule is C/C=C\C=C/C1=CN1C. The van der Waals surface area contributed by atoms with Gasteiger partial charge in [-0.2, -0.15) is 0 Å². The van der Waals surface area contributed by atoms with Crippen molar-refractivity contribution in [3.63, 3.8) is 0 Å². The molecule has 1 heteroatoms. The number of allylic oxidation sites excluding steroid dienone is 4. The number of rotatable bonds is 2. The third kappa shape index (κ3) is 1.76. The smallest absolute Gasteiger partial charge is 0.0569 e. The van der Waals surface area contributed by atoms with Crippen LogP contribution in [0.4, 0.5) is 0 Å². The predicted molar refractivity (Wildman–Crippen MR) is 39.8 cm³/mol. The van der Waals surface area contributed by atoms with Gasteiger partial charge in [-0.05, 0) is 13.0 Å². The molecule has 0 spiro atoms. The van der Waals surface area contributed by atoms with Crippen LogP contribution in [0.2, 0.25) is 0 Å². The third-order valence-electron chi connectivity index (χ3n) is 1.24. The lowest BCUT2D eigenvalue weighted by molar-refractivity contribution is 0.733. The quantitative estimate of drug-likeness (QED) is 0.504. The molecule has 0 N–H and O–H groups in total. The van der Waals surface area contributed by atoms with E-state index in [4.69, 9.17) is 0 Å². The highest BCUT2D eigenvalue weighted by Gasteiger charge is 2.09. The van der Waals surface area contributed by atoms with Gasteiger partial charge in [0.25, 0.3) is 0 Å². The first-order valence-electron chi connectivity index (χ1n) is 3.08. The Morgan fingerprint density at radius 3 is 2.56 bits per heavy atom. The molecular formula is C8H11N. The number of nitrogens with zero attached hydrogens (tertiary/aromatic N) is 1. The number of likely N-dealkylation sites (N-methyl/N-ethyl adjacent to an activating group) is 1. The number of hydrogen-bond donors (Lipinski definition) is 0. The topological polar surface area (TPSA) is 3.01 Å². The average Bonchev–Trinajstić information content (AvgIpc) is 2.48. The van der Waals surface area contributed by atoms with Gasteiger partial charge in [0, 0.05) is 13.2 Å². The van der Waals surface area contributed by atoms with Crippen LogP contribution < -0.4 is 0 Å². The zero-order chi connectivity index (χ0) is 6.69. The molecule has 0 atom stereocenters. The van der Waals surface area contributed by atoms with Crippen molar-refractivity contribution >= 4 is 0 Å². The van der Waals surface area contributed by atoms with E-state index in [0.717, 1.165) is 0 Å². The minimum Gasteiger partial charge on any atom is -0.348 e. The molecule has 1 heterocycles. The first-order chi connectivity index (χ1) is 4.34. The van der Waals surface area contributed by atoms with Crippen molar-refractivity contribution in [3.05, 3.63) is 36.2 Å². The molecule has 0 aromatic rings. The molecule has 0 fully saturated rings. The van der Waals surface area contributed by atoms with Crippen molar-refractivity contribution in [1.29, 1.82) is 0 Å². The second-order valence-corrected chi connectivity index (χ2v) is 2.05. The summed E-state index contributed by atoms with van der Waals surface area (Å²) in [6.07, 6.45) is 10.2. The summed E-state index contributed by atoms with van der Waals surface area (Å²) in [5.41, 5.74) is 1.30. The summed E-state index contributed by atoms with van der Waals surface area (Å²) in [4.78, 5) is 2.08. The van der Waals surface area contributed by atoms with E-state index in [1.807, 2.05) is 32.2 Å². The van der Waals surface area contributed by atoms with Gasteiger partial charge in [0.15, 0.2) is 0 Å². The Bertz CT molecular complexity index is 175. The lowest BCUT2D eigenvalue weighted by atomic mass is 10.4. The van der Waals surface area contributed by atoms with Crippen LogP contribution in [0, 0.1) is 0 Å². The van der Waals surface area contributed by atoms with Crippen molar-refractivity contribution in [1.82, 2.24) is 4.90 Å². The summed E-state index contributed by atoms with van der Waals surface area (Å²) in [5.74, 6) is 0. The largest absolute Gasteiger partial charge is 0.348 e. The maximum absolute atomic E-state index is 2.08. The first kappa shape index (κ1) is 6.14. The number of hydrogen-bond acceptors (Lipinski definition) is 1. The van der Waals surface area contributed by atoms with Gasteiger partial charge < -0.3 is 4.90 Å². The fourth-order valence-corrected chi connectivity index (χ4v) is 0.595. The molecule has 0 saturated heterocycles. The minimum absolute atomic E-state index is 1.30. The molecule has 0 aromatic carbocycles. The van der Waals surface area contributed by atoms with E-state index in [1.54, 1.807) is 0 Å². The summed E-state index contributed by atoms with van der Waals surface area (Å²) >= 11 is 0. The van der Waals surface area contributed by atoms with Crippen LogP contribution in [0.1, 0.15) is 6.92 Å². The maximum Gasteiger partial charge on any atom is 0.0569 e. The summed E-state index contributed by atoms with van der Waals surface area (Å²) in [5, 5.41) is 0. The first-order valence-corrected chi connectivity index (χ1v) is 3.08. The molecule has 1 aliphatic heterocycles. The summed E-state index contributed by atoms with van der Waals surface area (Å²) in [6, 6.07) is 0. The van der Waals surface area contributed by atoms with Crippen LogP contribution in [0.5, 0.6) is 0 Å². The second-order valence-electron chi connectivity index (χ2n) is 2.05. The van der Waals surface area contributed by atoms with E-state index in [0.29, 0.717) is 0 Å².